The molecule has 0 fully saturated rings. The molecule has 0 spiro atoms. The number of aromatic nitrogens is 2. The fraction of sp³-hybridized carbons (Fsp3) is 0.214. The second-order valence-corrected chi connectivity index (χ2v) is 9.93. The number of carbonyl (C=O) groups is 1. The van der Waals surface area contributed by atoms with Crippen molar-refractivity contribution >= 4 is 38.4 Å². The lowest BCUT2D eigenvalue weighted by Crippen LogP contribution is -2.44. The predicted octanol–water partition coefficient (Wildman–Crippen LogP) is 4.39. The summed E-state index contributed by atoms with van der Waals surface area (Å²) >= 11 is 3.47. The first-order valence-electron chi connectivity index (χ1n) is 11.8. The minimum Gasteiger partial charge on any atom is -0.396 e. The van der Waals surface area contributed by atoms with E-state index in [0.29, 0.717) is 28.7 Å². The van der Waals surface area contributed by atoms with E-state index in [0.717, 1.165) is 15.6 Å². The molecule has 2 heterocycles. The highest BCUT2D eigenvalue weighted by Crippen LogP contribution is 2.46. The molecule has 5 rings (SSSR count). The van der Waals surface area contributed by atoms with E-state index < -0.39 is 17.4 Å². The van der Waals surface area contributed by atoms with Crippen molar-refractivity contribution in [1.82, 2.24) is 9.78 Å². The Morgan fingerprint density at radius 1 is 1.08 bits per heavy atom. The minimum atomic E-state index is -1.74. The standard InChI is InChI=1S/C28H26BrN3O4/c1-18(7-4-5-14-33)28(36)23-16-20(29)12-13-25(23)31(27(28)35)17-19-8-6-9-21(15-19)32-26(34)22-10-2-3-11-24(22)30-32/h2-4,6-13,15-16,18,30,33,36H,5,14,17H2,1H3/b7-4+/t18-,28+/m1/s1. The number of anilines is 1. The van der Waals surface area contributed by atoms with E-state index in [1.165, 1.54) is 4.68 Å². The van der Waals surface area contributed by atoms with Gasteiger partial charge in [-0.25, -0.2) is 4.68 Å². The molecule has 8 heteroatoms. The molecule has 0 radical (unpaired) electrons. The quantitative estimate of drug-likeness (QED) is 0.299. The fourth-order valence-corrected chi connectivity index (χ4v) is 5.17. The molecule has 0 saturated carbocycles. The molecule has 4 aromatic rings. The van der Waals surface area contributed by atoms with Gasteiger partial charge in [-0.3, -0.25) is 14.7 Å². The molecule has 0 saturated heterocycles. The largest absolute Gasteiger partial charge is 0.396 e. The van der Waals surface area contributed by atoms with Gasteiger partial charge in [0.05, 0.1) is 28.8 Å². The van der Waals surface area contributed by atoms with Crippen LogP contribution in [-0.2, 0) is 16.9 Å². The van der Waals surface area contributed by atoms with Crippen LogP contribution in [0, 0.1) is 5.92 Å². The van der Waals surface area contributed by atoms with Gasteiger partial charge < -0.3 is 15.1 Å². The molecular weight excluding hydrogens is 522 g/mol. The molecule has 7 nitrogen and oxygen atoms in total. The Kier molecular flexibility index (Phi) is 6.42. The van der Waals surface area contributed by atoms with E-state index in [-0.39, 0.29) is 18.7 Å². The number of H-pyrrole nitrogens is 1. The van der Waals surface area contributed by atoms with Crippen LogP contribution in [-0.4, -0.2) is 32.5 Å². The topological polar surface area (TPSA) is 98.6 Å². The number of rotatable bonds is 7. The van der Waals surface area contributed by atoms with Crippen molar-refractivity contribution in [2.45, 2.75) is 25.5 Å². The van der Waals surface area contributed by atoms with Crippen molar-refractivity contribution < 1.29 is 15.0 Å². The molecule has 3 N–H and O–H groups in total. The number of hydrogen-bond acceptors (Lipinski definition) is 4. The summed E-state index contributed by atoms with van der Waals surface area (Å²) in [4.78, 5) is 28.2. The fourth-order valence-electron chi connectivity index (χ4n) is 4.81. The number of hydrogen-bond donors (Lipinski definition) is 3. The monoisotopic (exact) mass is 547 g/mol. The Hall–Kier alpha value is -3.46. The van der Waals surface area contributed by atoms with Crippen LogP contribution < -0.4 is 10.5 Å². The molecule has 0 aliphatic carbocycles. The number of nitrogens with one attached hydrogen (secondary N) is 1. The first-order chi connectivity index (χ1) is 17.3. The van der Waals surface area contributed by atoms with Gasteiger partial charge in [0, 0.05) is 22.6 Å². The Bertz CT molecular complexity index is 1540. The number of aliphatic hydroxyl groups excluding tert-OH is 1. The molecular formula is C28H26BrN3O4. The van der Waals surface area contributed by atoms with Crippen molar-refractivity contribution in [2.24, 2.45) is 5.92 Å². The summed E-state index contributed by atoms with van der Waals surface area (Å²) in [5.74, 6) is -0.921. The van der Waals surface area contributed by atoms with Crippen LogP contribution >= 0.6 is 15.9 Å². The first-order valence-corrected chi connectivity index (χ1v) is 12.5. The van der Waals surface area contributed by atoms with Gasteiger partial charge in [-0.05, 0) is 54.4 Å². The van der Waals surface area contributed by atoms with Crippen molar-refractivity contribution in [3.8, 4) is 5.69 Å². The minimum absolute atomic E-state index is 0.000343. The number of fused-ring (bicyclic) bond motifs is 2. The molecule has 3 aromatic carbocycles. The normalized spacial score (nSPS) is 18.3. The van der Waals surface area contributed by atoms with Crippen LogP contribution in [0.4, 0.5) is 5.69 Å². The molecule has 1 aliphatic rings. The van der Waals surface area contributed by atoms with Gasteiger partial charge in [-0.1, -0.05) is 59.3 Å². The molecule has 1 amide bonds. The third-order valence-electron chi connectivity index (χ3n) is 6.71. The predicted molar refractivity (Wildman–Crippen MR) is 143 cm³/mol. The Balaban J connectivity index is 1.51. The van der Waals surface area contributed by atoms with Gasteiger partial charge in [0.15, 0.2) is 5.60 Å². The lowest BCUT2D eigenvalue weighted by atomic mass is 9.83. The maximum Gasteiger partial charge on any atom is 0.279 e. The molecule has 0 bridgehead atoms. The summed E-state index contributed by atoms with van der Waals surface area (Å²) in [6.45, 7) is 2.02. The maximum absolute atomic E-state index is 13.7. The highest BCUT2D eigenvalue weighted by atomic mass is 79.9. The summed E-state index contributed by atoms with van der Waals surface area (Å²) < 4.78 is 2.26. The zero-order chi connectivity index (χ0) is 25.4. The van der Waals surface area contributed by atoms with Crippen LogP contribution in [0.1, 0.15) is 24.5 Å². The number of aliphatic hydroxyl groups is 2. The molecule has 184 valence electrons. The lowest BCUT2D eigenvalue weighted by Gasteiger charge is -2.27. The Morgan fingerprint density at radius 3 is 2.67 bits per heavy atom. The van der Waals surface area contributed by atoms with Gasteiger partial charge >= 0.3 is 0 Å². The van der Waals surface area contributed by atoms with Crippen LogP contribution in [0.2, 0.25) is 0 Å². The smallest absolute Gasteiger partial charge is 0.279 e. The van der Waals surface area contributed by atoms with Gasteiger partial charge in [-0.2, -0.15) is 0 Å². The van der Waals surface area contributed by atoms with Crippen LogP contribution in [0.15, 0.2) is 88.1 Å². The summed E-state index contributed by atoms with van der Waals surface area (Å²) in [7, 11) is 0. The summed E-state index contributed by atoms with van der Waals surface area (Å²) in [5.41, 5.74) is 1.51. The van der Waals surface area contributed by atoms with Crippen molar-refractivity contribution in [2.75, 3.05) is 11.5 Å². The molecule has 36 heavy (non-hydrogen) atoms. The highest BCUT2D eigenvalue weighted by Gasteiger charge is 2.52. The number of nitrogens with zero attached hydrogens (tertiary/aromatic N) is 2. The number of halogens is 1. The number of amides is 1. The Morgan fingerprint density at radius 2 is 1.89 bits per heavy atom. The number of carbonyl (C=O) groups excluding carboxylic acids is 1. The maximum atomic E-state index is 13.7. The lowest BCUT2D eigenvalue weighted by molar-refractivity contribution is -0.139. The van der Waals surface area contributed by atoms with Crippen LogP contribution in [0.3, 0.4) is 0 Å². The third kappa shape index (κ3) is 4.01. The number of aromatic amines is 1. The van der Waals surface area contributed by atoms with E-state index >= 15 is 0 Å². The second-order valence-electron chi connectivity index (χ2n) is 9.02. The van der Waals surface area contributed by atoms with Crippen molar-refractivity contribution in [3.05, 3.63) is 105 Å². The average Bonchev–Trinajstić information content (AvgIpc) is 3.32. The second kappa shape index (κ2) is 9.54. The van der Waals surface area contributed by atoms with E-state index in [2.05, 4.69) is 21.0 Å². The van der Waals surface area contributed by atoms with Crippen LogP contribution in [0.25, 0.3) is 16.6 Å². The van der Waals surface area contributed by atoms with Gasteiger partial charge in [0.1, 0.15) is 0 Å². The van der Waals surface area contributed by atoms with E-state index in [9.17, 15) is 14.7 Å². The van der Waals surface area contributed by atoms with Crippen molar-refractivity contribution in [3.63, 3.8) is 0 Å². The SMILES string of the molecule is C[C@H](/C=C/CCO)[C@@]1(O)C(=O)N(Cc2cccc(-n3[nH]c4ccccc4c3=O)c2)c2ccc(Br)cc21. The van der Waals surface area contributed by atoms with Crippen LogP contribution in [0.5, 0.6) is 0 Å². The summed E-state index contributed by atoms with van der Waals surface area (Å²) in [6.07, 6.45) is 3.99. The highest BCUT2D eigenvalue weighted by molar-refractivity contribution is 9.10. The summed E-state index contributed by atoms with van der Waals surface area (Å²) in [6, 6.07) is 20.2. The van der Waals surface area contributed by atoms with Gasteiger partial charge in [-0.15, -0.1) is 0 Å². The molecule has 1 aromatic heterocycles. The molecule has 0 unspecified atom stereocenters. The zero-order valence-electron chi connectivity index (χ0n) is 19.7. The van der Waals surface area contributed by atoms with Gasteiger partial charge in [0.25, 0.3) is 11.5 Å². The Labute approximate surface area is 216 Å². The zero-order valence-corrected chi connectivity index (χ0v) is 21.3. The third-order valence-corrected chi connectivity index (χ3v) is 7.21. The van der Waals surface area contributed by atoms with Crippen molar-refractivity contribution in [1.29, 1.82) is 0 Å². The van der Waals surface area contributed by atoms with E-state index in [1.807, 2.05) is 54.6 Å². The molecule has 1 aliphatic heterocycles. The number of benzene rings is 3. The average molecular weight is 548 g/mol. The molecule has 2 atom stereocenters. The van der Waals surface area contributed by atoms with Gasteiger partial charge in [0.2, 0.25) is 0 Å². The van der Waals surface area contributed by atoms with E-state index in [1.54, 1.807) is 36.1 Å². The summed E-state index contributed by atoms with van der Waals surface area (Å²) in [5, 5.41) is 24.6. The van der Waals surface area contributed by atoms with E-state index in [4.69, 9.17) is 5.11 Å². The first kappa shape index (κ1) is 24.2. The number of para-hydroxylation sites is 1.